The highest BCUT2D eigenvalue weighted by Crippen LogP contribution is 2.11. The Morgan fingerprint density at radius 2 is 2.00 bits per heavy atom. The minimum absolute atomic E-state index is 1.10. The van der Waals surface area contributed by atoms with Gasteiger partial charge in [-0.25, -0.2) is 0 Å². The lowest BCUT2D eigenvalue weighted by atomic mass is 10.2. The molecule has 1 aromatic rings. The van der Waals surface area contributed by atoms with Crippen LogP contribution in [0.5, 0.6) is 0 Å². The molecular formula is C8H6I. The van der Waals surface area contributed by atoms with Crippen LogP contribution in [-0.4, -0.2) is 0 Å². The summed E-state index contributed by atoms with van der Waals surface area (Å²) in [6.07, 6.45) is 1.61. The van der Waals surface area contributed by atoms with Crippen molar-refractivity contribution < 1.29 is 0 Å². The molecule has 0 aliphatic heterocycles. The van der Waals surface area contributed by atoms with Crippen molar-refractivity contribution in [2.24, 2.45) is 0 Å². The van der Waals surface area contributed by atoms with Crippen molar-refractivity contribution in [2.75, 3.05) is 0 Å². The molecule has 9 heavy (non-hydrogen) atoms. The molecule has 1 heteroatoms. The Hall–Kier alpha value is -0.310. The van der Waals surface area contributed by atoms with Crippen LogP contribution in [0.15, 0.2) is 24.3 Å². The standard InChI is InChI=1S/C8H6I/c1-2-7-5-3-4-6-8(7)9/h1-6H. The topological polar surface area (TPSA) is 0 Å². The van der Waals surface area contributed by atoms with Crippen molar-refractivity contribution in [3.63, 3.8) is 0 Å². The van der Waals surface area contributed by atoms with E-state index in [4.69, 9.17) is 6.58 Å². The summed E-state index contributed by atoms with van der Waals surface area (Å²) in [4.78, 5) is 0. The monoisotopic (exact) mass is 229 g/mol. The summed E-state index contributed by atoms with van der Waals surface area (Å²) in [6, 6.07) is 7.98. The highest BCUT2D eigenvalue weighted by molar-refractivity contribution is 14.1. The van der Waals surface area contributed by atoms with E-state index in [2.05, 4.69) is 22.6 Å². The molecule has 0 saturated heterocycles. The van der Waals surface area contributed by atoms with Crippen molar-refractivity contribution in [2.45, 2.75) is 0 Å². The number of rotatable bonds is 1. The molecule has 0 aromatic heterocycles. The van der Waals surface area contributed by atoms with Crippen molar-refractivity contribution in [3.8, 4) is 0 Å². The molecule has 1 rings (SSSR count). The first-order valence-electron chi connectivity index (χ1n) is 2.64. The number of benzene rings is 1. The Morgan fingerprint density at radius 1 is 1.33 bits per heavy atom. The molecule has 0 bridgehead atoms. The SMILES string of the molecule is [CH]=Cc1ccccc1I. The highest BCUT2D eigenvalue weighted by Gasteiger charge is 1.88. The van der Waals surface area contributed by atoms with E-state index < -0.39 is 0 Å². The van der Waals surface area contributed by atoms with Crippen LogP contribution in [0.1, 0.15) is 5.56 Å². The second-order valence-electron chi connectivity index (χ2n) is 1.69. The van der Waals surface area contributed by atoms with Crippen LogP contribution >= 0.6 is 22.6 Å². The molecule has 0 nitrogen and oxygen atoms in total. The largest absolute Gasteiger partial charge is 0.0616 e. The molecule has 0 fully saturated rings. The van der Waals surface area contributed by atoms with Gasteiger partial charge in [-0.3, -0.25) is 0 Å². The smallest absolute Gasteiger partial charge is 0.0202 e. The zero-order valence-corrected chi connectivity index (χ0v) is 7.00. The third-order valence-electron chi connectivity index (χ3n) is 1.08. The van der Waals surface area contributed by atoms with Crippen LogP contribution in [0, 0.1) is 10.1 Å². The predicted molar refractivity (Wildman–Crippen MR) is 47.9 cm³/mol. The molecule has 0 unspecified atom stereocenters. The lowest BCUT2D eigenvalue weighted by Crippen LogP contribution is -1.74. The second-order valence-corrected chi connectivity index (χ2v) is 2.85. The molecule has 45 valence electrons. The second kappa shape index (κ2) is 3.01. The summed E-state index contributed by atoms with van der Waals surface area (Å²) in [5.74, 6) is 0. The van der Waals surface area contributed by atoms with Crippen LogP contribution < -0.4 is 0 Å². The Bertz CT molecular complexity index is 216. The molecule has 1 aromatic carbocycles. The molecule has 0 aliphatic carbocycles. The van der Waals surface area contributed by atoms with Crippen molar-refractivity contribution in [1.82, 2.24) is 0 Å². The van der Waals surface area contributed by atoms with Gasteiger partial charge in [0.05, 0.1) is 0 Å². The molecule has 0 spiro atoms. The lowest BCUT2D eigenvalue weighted by molar-refractivity contribution is 1.60. The molecule has 0 aliphatic rings. The summed E-state index contributed by atoms with van der Waals surface area (Å²) < 4.78 is 1.19. The molecule has 0 atom stereocenters. The predicted octanol–water partition coefficient (Wildman–Crippen LogP) is 2.74. The van der Waals surface area contributed by atoms with Gasteiger partial charge >= 0.3 is 0 Å². The normalized spacial score (nSPS) is 9.00. The number of halogens is 1. The summed E-state index contributed by atoms with van der Waals surface area (Å²) in [5.41, 5.74) is 1.10. The van der Waals surface area contributed by atoms with E-state index in [1.54, 1.807) is 6.08 Å². The highest BCUT2D eigenvalue weighted by atomic mass is 127. The van der Waals surface area contributed by atoms with Crippen LogP contribution in [0.4, 0.5) is 0 Å². The van der Waals surface area contributed by atoms with Crippen LogP contribution in [0.2, 0.25) is 0 Å². The lowest BCUT2D eigenvalue weighted by Gasteiger charge is -1.93. The van der Waals surface area contributed by atoms with Gasteiger partial charge in [0.25, 0.3) is 0 Å². The van der Waals surface area contributed by atoms with Crippen LogP contribution in [0.25, 0.3) is 6.08 Å². The van der Waals surface area contributed by atoms with E-state index in [0.29, 0.717) is 0 Å². The quantitative estimate of drug-likeness (QED) is 0.649. The Morgan fingerprint density at radius 3 is 2.44 bits per heavy atom. The maximum absolute atomic E-state index is 5.32. The minimum atomic E-state index is 1.10. The summed E-state index contributed by atoms with van der Waals surface area (Å²) in [7, 11) is 0. The van der Waals surface area contributed by atoms with Gasteiger partial charge in [-0.15, -0.1) is 0 Å². The fourth-order valence-electron chi connectivity index (χ4n) is 0.610. The van der Waals surface area contributed by atoms with Gasteiger partial charge in [0, 0.05) is 3.57 Å². The average Bonchev–Trinajstić information content (AvgIpc) is 1.89. The molecule has 0 heterocycles. The van der Waals surface area contributed by atoms with Crippen LogP contribution in [-0.2, 0) is 0 Å². The van der Waals surface area contributed by atoms with Crippen LogP contribution in [0.3, 0.4) is 0 Å². The van der Waals surface area contributed by atoms with Gasteiger partial charge in [0.2, 0.25) is 0 Å². The molecule has 0 amide bonds. The maximum atomic E-state index is 5.32. The van der Waals surface area contributed by atoms with Crippen molar-refractivity contribution >= 4 is 28.7 Å². The van der Waals surface area contributed by atoms with Gasteiger partial charge in [0.1, 0.15) is 0 Å². The molecule has 1 radical (unpaired) electrons. The van der Waals surface area contributed by atoms with Crippen molar-refractivity contribution in [1.29, 1.82) is 0 Å². The summed E-state index contributed by atoms with van der Waals surface area (Å²) >= 11 is 2.25. The zero-order chi connectivity index (χ0) is 6.69. The minimum Gasteiger partial charge on any atom is -0.0616 e. The van der Waals surface area contributed by atoms with Crippen molar-refractivity contribution in [3.05, 3.63) is 40.0 Å². The van der Waals surface area contributed by atoms with Gasteiger partial charge in [-0.05, 0) is 34.2 Å². The zero-order valence-electron chi connectivity index (χ0n) is 4.84. The Kier molecular flexibility index (Phi) is 2.28. The van der Waals surface area contributed by atoms with Gasteiger partial charge in [-0.2, -0.15) is 0 Å². The van der Waals surface area contributed by atoms with E-state index in [1.165, 1.54) is 3.57 Å². The number of hydrogen-bond donors (Lipinski definition) is 0. The first-order valence-corrected chi connectivity index (χ1v) is 3.72. The molecular weight excluding hydrogens is 223 g/mol. The maximum Gasteiger partial charge on any atom is 0.0202 e. The fourth-order valence-corrected chi connectivity index (χ4v) is 1.18. The number of hydrogen-bond acceptors (Lipinski definition) is 0. The molecule has 0 N–H and O–H groups in total. The Labute approximate surface area is 68.7 Å². The van der Waals surface area contributed by atoms with E-state index in [1.807, 2.05) is 24.3 Å². The van der Waals surface area contributed by atoms with Gasteiger partial charge in [-0.1, -0.05) is 30.9 Å². The van der Waals surface area contributed by atoms with E-state index in [-0.39, 0.29) is 0 Å². The Balaban J connectivity index is 3.15. The third kappa shape index (κ3) is 1.55. The van der Waals surface area contributed by atoms with E-state index >= 15 is 0 Å². The van der Waals surface area contributed by atoms with E-state index in [9.17, 15) is 0 Å². The average molecular weight is 229 g/mol. The van der Waals surface area contributed by atoms with E-state index in [0.717, 1.165) is 5.56 Å². The first kappa shape index (κ1) is 6.81. The van der Waals surface area contributed by atoms with Gasteiger partial charge in [0.15, 0.2) is 0 Å². The summed E-state index contributed by atoms with van der Waals surface area (Å²) in [5, 5.41) is 0. The first-order chi connectivity index (χ1) is 4.34. The molecule has 0 saturated carbocycles. The third-order valence-corrected chi connectivity index (χ3v) is 2.07. The summed E-state index contributed by atoms with van der Waals surface area (Å²) in [6.45, 7) is 5.32. The van der Waals surface area contributed by atoms with Gasteiger partial charge < -0.3 is 0 Å². The fraction of sp³-hybridized carbons (Fsp3) is 0.